The highest BCUT2D eigenvalue weighted by molar-refractivity contribution is 8.20. The fourth-order valence-electron chi connectivity index (χ4n) is 3.87. The van der Waals surface area contributed by atoms with E-state index in [4.69, 9.17) is 4.99 Å². The lowest BCUT2D eigenvalue weighted by Crippen LogP contribution is -2.30. The molecule has 2 aliphatic rings. The molecule has 0 radical (unpaired) electrons. The highest BCUT2D eigenvalue weighted by Crippen LogP contribution is 2.50. The van der Waals surface area contributed by atoms with E-state index < -0.39 is 0 Å². The van der Waals surface area contributed by atoms with Crippen molar-refractivity contribution in [3.05, 3.63) is 100 Å². The number of para-hydroxylation sites is 1. The van der Waals surface area contributed by atoms with Crippen LogP contribution in [0.4, 0.5) is 15.8 Å². The summed E-state index contributed by atoms with van der Waals surface area (Å²) in [5.74, 6) is -0.461. The SMILES string of the molecule is CCN1/C(=C2/SC(=NCCc3ccccc3)N(c3ccc(F)cc3)C2=O)Sc2ccccc21. The molecule has 2 heterocycles. The van der Waals surface area contributed by atoms with Gasteiger partial charge in [0.15, 0.2) is 5.17 Å². The van der Waals surface area contributed by atoms with Crippen LogP contribution in [0.1, 0.15) is 12.5 Å². The number of amides is 1. The molecule has 0 spiro atoms. The summed E-state index contributed by atoms with van der Waals surface area (Å²) in [6, 6.07) is 24.3. The second kappa shape index (κ2) is 9.45. The van der Waals surface area contributed by atoms with Gasteiger partial charge >= 0.3 is 0 Å². The zero-order valence-corrected chi connectivity index (χ0v) is 19.7. The minimum atomic E-state index is -0.335. The van der Waals surface area contributed by atoms with Crippen LogP contribution < -0.4 is 9.80 Å². The molecule has 0 N–H and O–H groups in total. The molecule has 0 aromatic heterocycles. The smallest absolute Gasteiger partial charge is 0.274 e. The van der Waals surface area contributed by atoms with Gasteiger partial charge < -0.3 is 4.90 Å². The number of rotatable bonds is 5. The van der Waals surface area contributed by atoms with Crippen molar-refractivity contribution in [3.63, 3.8) is 0 Å². The molecule has 3 aromatic carbocycles. The summed E-state index contributed by atoms with van der Waals surface area (Å²) >= 11 is 3.01. The number of amidine groups is 1. The number of fused-ring (bicyclic) bond motifs is 1. The van der Waals surface area contributed by atoms with E-state index >= 15 is 0 Å². The Labute approximate surface area is 201 Å². The number of aliphatic imine (C=N–C) groups is 1. The molecule has 1 amide bonds. The molecule has 0 aliphatic carbocycles. The van der Waals surface area contributed by atoms with E-state index in [1.165, 1.54) is 29.5 Å². The second-order valence-electron chi connectivity index (χ2n) is 7.57. The number of hydrogen-bond donors (Lipinski definition) is 0. The molecule has 0 saturated carbocycles. The number of benzene rings is 3. The predicted molar refractivity (Wildman–Crippen MR) is 136 cm³/mol. The van der Waals surface area contributed by atoms with Crippen molar-refractivity contribution in [2.45, 2.75) is 18.2 Å². The van der Waals surface area contributed by atoms with Gasteiger partial charge in [-0.2, -0.15) is 0 Å². The van der Waals surface area contributed by atoms with E-state index in [1.54, 1.807) is 28.8 Å². The summed E-state index contributed by atoms with van der Waals surface area (Å²) in [5.41, 5.74) is 2.93. The van der Waals surface area contributed by atoms with Crippen LogP contribution in [0.3, 0.4) is 0 Å². The van der Waals surface area contributed by atoms with Gasteiger partial charge in [0, 0.05) is 18.0 Å². The van der Waals surface area contributed by atoms with Gasteiger partial charge in [-0.15, -0.1) is 0 Å². The Morgan fingerprint density at radius 3 is 2.39 bits per heavy atom. The van der Waals surface area contributed by atoms with Crippen LogP contribution in [0.2, 0.25) is 0 Å². The van der Waals surface area contributed by atoms with Crippen molar-refractivity contribution in [3.8, 4) is 0 Å². The molecule has 1 saturated heterocycles. The highest BCUT2D eigenvalue weighted by Gasteiger charge is 2.40. The Kier molecular flexibility index (Phi) is 6.24. The summed E-state index contributed by atoms with van der Waals surface area (Å²) in [7, 11) is 0. The lowest BCUT2D eigenvalue weighted by molar-refractivity contribution is -0.113. The van der Waals surface area contributed by atoms with Crippen LogP contribution in [0.25, 0.3) is 0 Å². The Balaban J connectivity index is 1.51. The zero-order valence-electron chi connectivity index (χ0n) is 18.1. The van der Waals surface area contributed by atoms with Gasteiger partial charge in [-0.05, 0) is 67.1 Å². The van der Waals surface area contributed by atoms with Crippen molar-refractivity contribution >= 4 is 46.0 Å². The van der Waals surface area contributed by atoms with E-state index in [0.29, 0.717) is 22.3 Å². The first-order valence-electron chi connectivity index (χ1n) is 10.8. The molecule has 7 heteroatoms. The molecule has 4 nitrogen and oxygen atoms in total. The monoisotopic (exact) mass is 475 g/mol. The molecule has 33 heavy (non-hydrogen) atoms. The fourth-order valence-corrected chi connectivity index (χ4v) is 6.27. The van der Waals surface area contributed by atoms with E-state index in [0.717, 1.165) is 28.6 Å². The first kappa shape index (κ1) is 21.8. The van der Waals surface area contributed by atoms with Crippen molar-refractivity contribution in [1.29, 1.82) is 0 Å². The first-order chi connectivity index (χ1) is 16.2. The van der Waals surface area contributed by atoms with Crippen LogP contribution in [0.5, 0.6) is 0 Å². The van der Waals surface area contributed by atoms with Crippen molar-refractivity contribution in [1.82, 2.24) is 0 Å². The third-order valence-electron chi connectivity index (χ3n) is 5.48. The number of carbonyl (C=O) groups excluding carboxylic acids is 1. The van der Waals surface area contributed by atoms with Crippen LogP contribution in [-0.4, -0.2) is 24.2 Å². The van der Waals surface area contributed by atoms with Crippen molar-refractivity contribution in [2.24, 2.45) is 4.99 Å². The van der Waals surface area contributed by atoms with Crippen molar-refractivity contribution < 1.29 is 9.18 Å². The molecular weight excluding hydrogens is 453 g/mol. The van der Waals surface area contributed by atoms with Crippen LogP contribution in [0.15, 0.2) is 98.7 Å². The summed E-state index contributed by atoms with van der Waals surface area (Å²) in [6.07, 6.45) is 0.781. The quantitative estimate of drug-likeness (QED) is 0.406. The average molecular weight is 476 g/mol. The number of halogens is 1. The predicted octanol–water partition coefficient (Wildman–Crippen LogP) is 6.31. The Hall–Kier alpha value is -3.03. The fraction of sp³-hybridized carbons (Fsp3) is 0.154. The van der Waals surface area contributed by atoms with E-state index in [-0.39, 0.29) is 11.7 Å². The average Bonchev–Trinajstić information content (AvgIpc) is 3.37. The standard InChI is InChI=1S/C26H22FN3OS2/c1-2-29-21-10-6-7-11-22(21)32-25(29)23-24(31)30(20-14-12-19(27)13-15-20)26(33-23)28-17-16-18-8-4-3-5-9-18/h3-15H,2,16-17H2,1H3/b25-23-,28-26?. The number of nitrogens with zero attached hydrogens (tertiary/aromatic N) is 3. The van der Waals surface area contributed by atoms with Gasteiger partial charge in [-0.1, -0.05) is 54.2 Å². The summed E-state index contributed by atoms with van der Waals surface area (Å²) in [5, 5.41) is 1.55. The molecule has 3 aromatic rings. The third-order valence-corrected chi connectivity index (χ3v) is 7.85. The lowest BCUT2D eigenvalue weighted by Gasteiger charge is -2.19. The molecule has 1 fully saturated rings. The third kappa shape index (κ3) is 4.30. The highest BCUT2D eigenvalue weighted by atomic mass is 32.2. The number of carbonyl (C=O) groups is 1. The normalized spacial score (nSPS) is 19.0. The number of hydrogen-bond acceptors (Lipinski definition) is 5. The minimum Gasteiger partial charge on any atom is -0.334 e. The summed E-state index contributed by atoms with van der Waals surface area (Å²) < 4.78 is 13.6. The summed E-state index contributed by atoms with van der Waals surface area (Å²) in [6.45, 7) is 3.40. The largest absolute Gasteiger partial charge is 0.334 e. The lowest BCUT2D eigenvalue weighted by atomic mass is 10.2. The Bertz CT molecular complexity index is 1240. The van der Waals surface area contributed by atoms with Gasteiger partial charge in [0.2, 0.25) is 0 Å². The molecule has 0 atom stereocenters. The van der Waals surface area contributed by atoms with Crippen LogP contribution in [-0.2, 0) is 11.2 Å². The topological polar surface area (TPSA) is 35.9 Å². The minimum absolute atomic E-state index is 0.126. The number of thioether (sulfide) groups is 2. The maximum atomic E-state index is 13.7. The van der Waals surface area contributed by atoms with E-state index in [9.17, 15) is 9.18 Å². The van der Waals surface area contributed by atoms with Crippen LogP contribution >= 0.6 is 23.5 Å². The molecule has 0 unspecified atom stereocenters. The van der Waals surface area contributed by atoms with Gasteiger partial charge in [-0.25, -0.2) is 4.39 Å². The van der Waals surface area contributed by atoms with E-state index in [2.05, 4.69) is 36.1 Å². The Morgan fingerprint density at radius 1 is 0.909 bits per heavy atom. The van der Waals surface area contributed by atoms with Gasteiger partial charge in [-0.3, -0.25) is 14.7 Å². The van der Waals surface area contributed by atoms with Gasteiger partial charge in [0.25, 0.3) is 5.91 Å². The van der Waals surface area contributed by atoms with Gasteiger partial charge in [0.05, 0.1) is 11.4 Å². The van der Waals surface area contributed by atoms with Crippen molar-refractivity contribution in [2.75, 3.05) is 22.9 Å². The Morgan fingerprint density at radius 2 is 1.64 bits per heavy atom. The second-order valence-corrected chi connectivity index (χ2v) is 9.58. The summed E-state index contributed by atoms with van der Waals surface area (Å²) in [4.78, 5) is 24.0. The molecule has 2 aliphatic heterocycles. The molecule has 0 bridgehead atoms. The van der Waals surface area contributed by atoms with Crippen LogP contribution in [0, 0.1) is 5.82 Å². The first-order valence-corrected chi connectivity index (χ1v) is 12.4. The zero-order chi connectivity index (χ0) is 22.8. The van der Waals surface area contributed by atoms with Gasteiger partial charge in [0.1, 0.15) is 15.8 Å². The maximum Gasteiger partial charge on any atom is 0.274 e. The number of anilines is 2. The van der Waals surface area contributed by atoms with E-state index in [1.807, 2.05) is 30.3 Å². The molecule has 5 rings (SSSR count). The maximum absolute atomic E-state index is 13.7. The molecule has 166 valence electrons. The molecular formula is C26H22FN3OS2.